The van der Waals surface area contributed by atoms with Gasteiger partial charge in [-0.3, -0.25) is 4.79 Å². The van der Waals surface area contributed by atoms with Crippen molar-refractivity contribution in [2.45, 2.75) is 31.6 Å². The van der Waals surface area contributed by atoms with Crippen LogP contribution in [-0.4, -0.2) is 11.7 Å². The maximum Gasteiger partial charge on any atom is 0.248 e. The zero-order valence-electron chi connectivity index (χ0n) is 9.26. The van der Waals surface area contributed by atoms with Gasteiger partial charge in [-0.1, -0.05) is 12.1 Å². The van der Waals surface area contributed by atoms with Crippen LogP contribution in [-0.2, 0) is 0 Å². The first-order chi connectivity index (χ1) is 7.98. The van der Waals surface area contributed by atoms with E-state index in [9.17, 15) is 18.0 Å². The maximum atomic E-state index is 12.9. The number of Topliss-reactive ketones (excluding diaryl/α,β-unsaturated/α-hetero) is 1. The molecule has 1 fully saturated rings. The quantitative estimate of drug-likeness (QED) is 0.720. The Kier molecular flexibility index (Phi) is 3.22. The minimum absolute atomic E-state index is 0.183. The minimum atomic E-state index is -2.64. The summed E-state index contributed by atoms with van der Waals surface area (Å²) in [6, 6.07) is 5.40. The summed E-state index contributed by atoms with van der Waals surface area (Å²) in [7, 11) is 0. The summed E-state index contributed by atoms with van der Waals surface area (Å²) in [5, 5.41) is 0. The fraction of sp³-hybridized carbons (Fsp3) is 0.462. The van der Waals surface area contributed by atoms with Crippen molar-refractivity contribution in [2.24, 2.45) is 5.92 Å². The predicted octanol–water partition coefficient (Wildman–Crippen LogP) is 3.83. The molecule has 1 aliphatic carbocycles. The molecular formula is C13H13F3O. The third-order valence-electron chi connectivity index (χ3n) is 3.20. The molecule has 1 aromatic carbocycles. The van der Waals surface area contributed by atoms with Gasteiger partial charge in [0.1, 0.15) is 5.82 Å². The van der Waals surface area contributed by atoms with Gasteiger partial charge >= 0.3 is 0 Å². The van der Waals surface area contributed by atoms with E-state index in [-0.39, 0.29) is 37.0 Å². The fourth-order valence-electron chi connectivity index (χ4n) is 2.18. The van der Waals surface area contributed by atoms with E-state index in [2.05, 4.69) is 0 Å². The largest absolute Gasteiger partial charge is 0.294 e. The van der Waals surface area contributed by atoms with E-state index in [1.165, 1.54) is 18.2 Å². The molecule has 92 valence electrons. The van der Waals surface area contributed by atoms with Crippen molar-refractivity contribution in [2.75, 3.05) is 0 Å². The summed E-state index contributed by atoms with van der Waals surface area (Å²) < 4.78 is 38.8. The fourth-order valence-corrected chi connectivity index (χ4v) is 2.18. The Hall–Kier alpha value is -1.32. The van der Waals surface area contributed by atoms with E-state index in [0.717, 1.165) is 6.07 Å². The zero-order chi connectivity index (χ0) is 12.5. The highest BCUT2D eigenvalue weighted by Crippen LogP contribution is 2.37. The molecule has 0 aliphatic heterocycles. The van der Waals surface area contributed by atoms with E-state index in [4.69, 9.17) is 0 Å². The molecule has 0 aromatic heterocycles. The molecular weight excluding hydrogens is 229 g/mol. The van der Waals surface area contributed by atoms with Gasteiger partial charge in [-0.05, 0) is 25.0 Å². The van der Waals surface area contributed by atoms with Crippen LogP contribution in [0.15, 0.2) is 24.3 Å². The molecule has 1 aromatic rings. The second-order valence-corrected chi connectivity index (χ2v) is 4.50. The van der Waals surface area contributed by atoms with Crippen LogP contribution >= 0.6 is 0 Å². The highest BCUT2D eigenvalue weighted by atomic mass is 19.3. The average molecular weight is 242 g/mol. The molecule has 1 aliphatic rings. The van der Waals surface area contributed by atoms with Gasteiger partial charge < -0.3 is 0 Å². The maximum absolute atomic E-state index is 12.9. The van der Waals surface area contributed by atoms with Crippen LogP contribution in [0.5, 0.6) is 0 Å². The molecule has 1 saturated carbocycles. The Morgan fingerprint density at radius 1 is 1.24 bits per heavy atom. The highest BCUT2D eigenvalue weighted by Gasteiger charge is 2.37. The van der Waals surface area contributed by atoms with Gasteiger partial charge in [0.15, 0.2) is 5.78 Å². The van der Waals surface area contributed by atoms with Gasteiger partial charge in [0.2, 0.25) is 5.92 Å². The number of benzene rings is 1. The SMILES string of the molecule is O=C(c1cccc(F)c1)C1CCC(F)(F)CC1. The first-order valence-corrected chi connectivity index (χ1v) is 5.65. The molecule has 0 unspecified atom stereocenters. The number of carbonyl (C=O) groups is 1. The second kappa shape index (κ2) is 4.51. The second-order valence-electron chi connectivity index (χ2n) is 4.50. The zero-order valence-corrected chi connectivity index (χ0v) is 9.26. The first-order valence-electron chi connectivity index (χ1n) is 5.65. The average Bonchev–Trinajstić information content (AvgIpc) is 2.28. The molecule has 0 atom stereocenters. The molecule has 17 heavy (non-hydrogen) atoms. The van der Waals surface area contributed by atoms with Gasteiger partial charge in [-0.25, -0.2) is 13.2 Å². The van der Waals surface area contributed by atoms with Crippen LogP contribution in [0.25, 0.3) is 0 Å². The number of halogens is 3. The third-order valence-corrected chi connectivity index (χ3v) is 3.20. The van der Waals surface area contributed by atoms with Crippen molar-refractivity contribution in [3.8, 4) is 0 Å². The summed E-state index contributed by atoms with van der Waals surface area (Å²) in [6.07, 6.45) is -0.137. The standard InChI is InChI=1S/C13H13F3O/c14-11-3-1-2-10(8-11)12(17)9-4-6-13(15,16)7-5-9/h1-3,8-9H,4-7H2. The van der Waals surface area contributed by atoms with E-state index in [0.29, 0.717) is 0 Å². The Morgan fingerprint density at radius 2 is 1.88 bits per heavy atom. The molecule has 4 heteroatoms. The molecule has 1 nitrogen and oxygen atoms in total. The smallest absolute Gasteiger partial charge is 0.248 e. The number of ketones is 1. The monoisotopic (exact) mass is 242 g/mol. The topological polar surface area (TPSA) is 17.1 Å². The van der Waals surface area contributed by atoms with Crippen molar-refractivity contribution in [1.82, 2.24) is 0 Å². The molecule has 0 amide bonds. The van der Waals surface area contributed by atoms with Crippen LogP contribution in [0.2, 0.25) is 0 Å². The molecule has 0 bridgehead atoms. The first kappa shape index (κ1) is 12.1. The molecule has 0 heterocycles. The summed E-state index contributed by atoms with van der Waals surface area (Å²) in [4.78, 5) is 12.0. The molecule has 0 N–H and O–H groups in total. The van der Waals surface area contributed by atoms with Gasteiger partial charge in [0.25, 0.3) is 0 Å². The summed E-state index contributed by atoms with van der Waals surface area (Å²) in [6.45, 7) is 0. The number of carbonyl (C=O) groups excluding carboxylic acids is 1. The van der Waals surface area contributed by atoms with Crippen LogP contribution in [0.1, 0.15) is 36.0 Å². The van der Waals surface area contributed by atoms with Crippen LogP contribution in [0.4, 0.5) is 13.2 Å². The van der Waals surface area contributed by atoms with Crippen molar-refractivity contribution < 1.29 is 18.0 Å². The number of rotatable bonds is 2. The van der Waals surface area contributed by atoms with E-state index in [1.54, 1.807) is 0 Å². The van der Waals surface area contributed by atoms with Crippen LogP contribution in [0, 0.1) is 11.7 Å². The van der Waals surface area contributed by atoms with Gasteiger partial charge in [0, 0.05) is 24.3 Å². The lowest BCUT2D eigenvalue weighted by Gasteiger charge is -2.27. The molecule has 0 spiro atoms. The molecule has 2 rings (SSSR count). The lowest BCUT2D eigenvalue weighted by Crippen LogP contribution is -2.28. The van der Waals surface area contributed by atoms with Crippen molar-refractivity contribution in [3.63, 3.8) is 0 Å². The molecule has 0 radical (unpaired) electrons. The lowest BCUT2D eigenvalue weighted by molar-refractivity contribution is -0.0424. The van der Waals surface area contributed by atoms with E-state index < -0.39 is 17.7 Å². The Balaban J connectivity index is 2.07. The van der Waals surface area contributed by atoms with Crippen molar-refractivity contribution in [3.05, 3.63) is 35.6 Å². The number of hydrogen-bond donors (Lipinski definition) is 0. The van der Waals surface area contributed by atoms with E-state index >= 15 is 0 Å². The number of alkyl halides is 2. The van der Waals surface area contributed by atoms with Gasteiger partial charge in [0.05, 0.1) is 0 Å². The minimum Gasteiger partial charge on any atom is -0.294 e. The summed E-state index contributed by atoms with van der Waals surface area (Å²) in [5.41, 5.74) is 0.278. The summed E-state index contributed by atoms with van der Waals surface area (Å²) in [5.74, 6) is -3.73. The van der Waals surface area contributed by atoms with Crippen molar-refractivity contribution >= 4 is 5.78 Å². The summed E-state index contributed by atoms with van der Waals surface area (Å²) >= 11 is 0. The highest BCUT2D eigenvalue weighted by molar-refractivity contribution is 5.97. The normalized spacial score (nSPS) is 20.2. The third kappa shape index (κ3) is 2.87. The van der Waals surface area contributed by atoms with Crippen LogP contribution < -0.4 is 0 Å². The van der Waals surface area contributed by atoms with Crippen molar-refractivity contribution in [1.29, 1.82) is 0 Å². The Morgan fingerprint density at radius 3 is 2.47 bits per heavy atom. The molecule has 0 saturated heterocycles. The van der Waals surface area contributed by atoms with E-state index in [1.807, 2.05) is 0 Å². The lowest BCUT2D eigenvalue weighted by atomic mass is 9.82. The predicted molar refractivity (Wildman–Crippen MR) is 57.6 cm³/mol. The Labute approximate surface area is 97.6 Å². The Bertz CT molecular complexity index is 418. The van der Waals surface area contributed by atoms with Gasteiger partial charge in [-0.2, -0.15) is 0 Å². The van der Waals surface area contributed by atoms with Gasteiger partial charge in [-0.15, -0.1) is 0 Å². The van der Waals surface area contributed by atoms with Crippen LogP contribution in [0.3, 0.4) is 0 Å². The number of hydrogen-bond acceptors (Lipinski definition) is 1.